The van der Waals surface area contributed by atoms with E-state index in [-0.39, 0.29) is 0 Å². The number of nitrogens with zero attached hydrogens (tertiary/aromatic N) is 3. The zero-order chi connectivity index (χ0) is 17.2. The van der Waals surface area contributed by atoms with E-state index in [9.17, 15) is 0 Å². The minimum atomic E-state index is 0.290. The first-order valence-corrected chi connectivity index (χ1v) is 9.09. The van der Waals surface area contributed by atoms with Crippen LogP contribution in [-0.4, -0.2) is 31.4 Å². The Morgan fingerprint density at radius 3 is 2.84 bits per heavy atom. The molecule has 0 unspecified atom stereocenters. The van der Waals surface area contributed by atoms with Crippen LogP contribution in [0, 0.1) is 6.92 Å². The van der Waals surface area contributed by atoms with Gasteiger partial charge in [-0.2, -0.15) is 0 Å². The van der Waals surface area contributed by atoms with Crippen molar-refractivity contribution in [3.8, 4) is 0 Å². The van der Waals surface area contributed by atoms with Gasteiger partial charge in [0.15, 0.2) is 0 Å². The third-order valence-electron chi connectivity index (χ3n) is 5.15. The zero-order valence-corrected chi connectivity index (χ0v) is 14.9. The second kappa shape index (κ2) is 6.84. The maximum atomic E-state index is 4.78. The molecule has 0 radical (unpaired) electrons. The molecule has 0 aliphatic carbocycles. The van der Waals surface area contributed by atoms with Crippen LogP contribution in [-0.2, 0) is 25.8 Å². The second-order valence-corrected chi connectivity index (χ2v) is 6.80. The summed E-state index contributed by atoms with van der Waals surface area (Å²) < 4.78 is 0. The molecule has 0 saturated carbocycles. The smallest absolute Gasteiger partial charge is 0.106 e. The van der Waals surface area contributed by atoms with Crippen molar-refractivity contribution >= 4 is 0 Å². The van der Waals surface area contributed by atoms with Crippen LogP contribution in [0.4, 0.5) is 0 Å². The number of rotatable bonds is 5. The van der Waals surface area contributed by atoms with Gasteiger partial charge >= 0.3 is 0 Å². The summed E-state index contributed by atoms with van der Waals surface area (Å²) in [6.45, 7) is 6.15. The lowest BCUT2D eigenvalue weighted by molar-refractivity contribution is 0.168. The standard InChI is InChI=1S/C20H25N5/c1-3-19-23-14(2)17(24-19)12-25-10-9-16-20(22-13-21-16)18(25)11-15-7-5-4-6-8-15/h4-8,13,18H,3,9-12H2,1-2H3,(H,21,22)(H,23,24)/t18-/m0/s1. The number of aromatic nitrogens is 4. The van der Waals surface area contributed by atoms with Gasteiger partial charge < -0.3 is 9.97 Å². The van der Waals surface area contributed by atoms with Crippen LogP contribution in [0.3, 0.4) is 0 Å². The second-order valence-electron chi connectivity index (χ2n) is 6.80. The first kappa shape index (κ1) is 16.1. The van der Waals surface area contributed by atoms with Gasteiger partial charge in [0.25, 0.3) is 0 Å². The Balaban J connectivity index is 1.62. The quantitative estimate of drug-likeness (QED) is 0.752. The summed E-state index contributed by atoms with van der Waals surface area (Å²) >= 11 is 0. The number of benzene rings is 1. The maximum Gasteiger partial charge on any atom is 0.106 e. The predicted molar refractivity (Wildman–Crippen MR) is 98.3 cm³/mol. The van der Waals surface area contributed by atoms with E-state index in [0.717, 1.165) is 43.9 Å². The van der Waals surface area contributed by atoms with Crippen LogP contribution < -0.4 is 0 Å². The highest BCUT2D eigenvalue weighted by molar-refractivity contribution is 5.25. The Hall–Kier alpha value is -2.40. The van der Waals surface area contributed by atoms with E-state index < -0.39 is 0 Å². The summed E-state index contributed by atoms with van der Waals surface area (Å²) in [6.07, 6.45) is 4.77. The molecule has 1 aromatic carbocycles. The van der Waals surface area contributed by atoms with Crippen molar-refractivity contribution < 1.29 is 0 Å². The van der Waals surface area contributed by atoms with Crippen LogP contribution in [0.1, 0.15) is 47.1 Å². The molecule has 0 spiro atoms. The van der Waals surface area contributed by atoms with Crippen molar-refractivity contribution in [2.75, 3.05) is 6.54 Å². The van der Waals surface area contributed by atoms with Crippen molar-refractivity contribution in [2.24, 2.45) is 0 Å². The molecule has 0 amide bonds. The first-order chi connectivity index (χ1) is 12.2. The summed E-state index contributed by atoms with van der Waals surface area (Å²) in [5.41, 5.74) is 6.17. The van der Waals surface area contributed by atoms with Gasteiger partial charge in [-0.3, -0.25) is 4.90 Å². The summed E-state index contributed by atoms with van der Waals surface area (Å²) in [4.78, 5) is 18.7. The normalized spacial score (nSPS) is 17.6. The lowest BCUT2D eigenvalue weighted by atomic mass is 9.96. The number of aromatic amines is 2. The molecule has 0 fully saturated rings. The SMILES string of the molecule is CCc1nc(CN2CCc3[nH]cnc3[C@@H]2Cc2ccccc2)c(C)[nH]1. The minimum absolute atomic E-state index is 0.290. The molecule has 3 aromatic rings. The molecule has 1 atom stereocenters. The molecule has 5 nitrogen and oxygen atoms in total. The fourth-order valence-corrected chi connectivity index (χ4v) is 3.73. The van der Waals surface area contributed by atoms with Gasteiger partial charge in [-0.25, -0.2) is 9.97 Å². The molecular weight excluding hydrogens is 310 g/mol. The third kappa shape index (κ3) is 3.24. The lowest BCUT2D eigenvalue weighted by Gasteiger charge is -2.34. The first-order valence-electron chi connectivity index (χ1n) is 9.09. The number of H-pyrrole nitrogens is 2. The summed E-state index contributed by atoms with van der Waals surface area (Å²) in [6, 6.07) is 11.0. The number of fused-ring (bicyclic) bond motifs is 1. The molecule has 25 heavy (non-hydrogen) atoms. The van der Waals surface area contributed by atoms with Crippen molar-refractivity contribution in [3.63, 3.8) is 0 Å². The Labute approximate surface area is 148 Å². The van der Waals surface area contributed by atoms with E-state index in [1.165, 1.54) is 22.6 Å². The number of imidazole rings is 2. The average molecular weight is 335 g/mol. The molecule has 5 heteroatoms. The molecule has 3 heterocycles. The Morgan fingerprint density at radius 1 is 1.24 bits per heavy atom. The number of aryl methyl sites for hydroxylation is 2. The van der Waals surface area contributed by atoms with E-state index >= 15 is 0 Å². The third-order valence-corrected chi connectivity index (χ3v) is 5.15. The van der Waals surface area contributed by atoms with Gasteiger partial charge in [-0.1, -0.05) is 37.3 Å². The molecule has 2 aromatic heterocycles. The Bertz CT molecular complexity index is 833. The van der Waals surface area contributed by atoms with Crippen molar-refractivity contribution in [1.29, 1.82) is 0 Å². The van der Waals surface area contributed by atoms with Gasteiger partial charge in [0, 0.05) is 37.3 Å². The Morgan fingerprint density at radius 2 is 2.08 bits per heavy atom. The molecule has 0 saturated heterocycles. The van der Waals surface area contributed by atoms with Crippen molar-refractivity contribution in [2.45, 2.75) is 45.7 Å². The fraction of sp³-hybridized carbons (Fsp3) is 0.400. The molecule has 1 aliphatic rings. The zero-order valence-electron chi connectivity index (χ0n) is 14.9. The van der Waals surface area contributed by atoms with Crippen LogP contribution in [0.5, 0.6) is 0 Å². The van der Waals surface area contributed by atoms with Crippen LogP contribution in [0.25, 0.3) is 0 Å². The fourth-order valence-electron chi connectivity index (χ4n) is 3.73. The van der Waals surface area contributed by atoms with Gasteiger partial charge in [-0.15, -0.1) is 0 Å². The number of hydrogen-bond donors (Lipinski definition) is 2. The molecule has 130 valence electrons. The summed E-state index contributed by atoms with van der Waals surface area (Å²) in [5, 5.41) is 0. The van der Waals surface area contributed by atoms with Gasteiger partial charge in [0.05, 0.1) is 23.8 Å². The summed E-state index contributed by atoms with van der Waals surface area (Å²) in [5.74, 6) is 1.07. The summed E-state index contributed by atoms with van der Waals surface area (Å²) in [7, 11) is 0. The van der Waals surface area contributed by atoms with Gasteiger partial charge in [-0.05, 0) is 18.9 Å². The number of nitrogens with one attached hydrogen (secondary N) is 2. The predicted octanol–water partition coefficient (Wildman–Crippen LogP) is 3.35. The lowest BCUT2D eigenvalue weighted by Crippen LogP contribution is -2.36. The van der Waals surface area contributed by atoms with Gasteiger partial charge in [0.2, 0.25) is 0 Å². The van der Waals surface area contributed by atoms with E-state index in [4.69, 9.17) is 4.98 Å². The molecular formula is C20H25N5. The highest BCUT2D eigenvalue weighted by Crippen LogP contribution is 2.31. The van der Waals surface area contributed by atoms with Crippen molar-refractivity contribution in [3.05, 3.63) is 70.8 Å². The Kier molecular flexibility index (Phi) is 4.40. The van der Waals surface area contributed by atoms with Gasteiger partial charge in [0.1, 0.15) is 5.82 Å². The van der Waals surface area contributed by atoms with Crippen LogP contribution in [0.2, 0.25) is 0 Å². The van der Waals surface area contributed by atoms with E-state index in [1.807, 2.05) is 6.33 Å². The highest BCUT2D eigenvalue weighted by Gasteiger charge is 2.30. The highest BCUT2D eigenvalue weighted by atomic mass is 15.2. The minimum Gasteiger partial charge on any atom is -0.348 e. The molecule has 4 rings (SSSR count). The molecule has 0 bridgehead atoms. The van der Waals surface area contributed by atoms with E-state index in [0.29, 0.717) is 6.04 Å². The topological polar surface area (TPSA) is 60.6 Å². The van der Waals surface area contributed by atoms with E-state index in [1.54, 1.807) is 0 Å². The van der Waals surface area contributed by atoms with Crippen LogP contribution in [0.15, 0.2) is 36.7 Å². The maximum absolute atomic E-state index is 4.78. The van der Waals surface area contributed by atoms with E-state index in [2.05, 4.69) is 64.0 Å². The van der Waals surface area contributed by atoms with Crippen molar-refractivity contribution in [1.82, 2.24) is 24.8 Å². The molecule has 2 N–H and O–H groups in total. The monoisotopic (exact) mass is 335 g/mol. The largest absolute Gasteiger partial charge is 0.348 e. The van der Waals surface area contributed by atoms with Crippen LogP contribution >= 0.6 is 0 Å². The molecule has 1 aliphatic heterocycles. The average Bonchev–Trinajstić information content (AvgIpc) is 3.24. The number of hydrogen-bond acceptors (Lipinski definition) is 3.